The lowest BCUT2D eigenvalue weighted by molar-refractivity contribution is -0.180. The fourth-order valence-electron chi connectivity index (χ4n) is 1.91. The topological polar surface area (TPSA) is 66.8 Å². The van der Waals surface area contributed by atoms with E-state index >= 15 is 0 Å². The number of carboxylic acids is 1. The second-order valence-electron chi connectivity index (χ2n) is 4.88. The molecule has 3 unspecified atom stereocenters. The maximum absolute atomic E-state index is 11.6. The average molecular weight is 266 g/mol. The molecule has 0 bridgehead atoms. The molecule has 1 aromatic rings. The van der Waals surface area contributed by atoms with E-state index in [2.05, 4.69) is 0 Å². The molecule has 0 saturated heterocycles. The van der Waals surface area contributed by atoms with Gasteiger partial charge in [0.2, 0.25) is 0 Å². The summed E-state index contributed by atoms with van der Waals surface area (Å²) in [4.78, 5) is 11.6. The van der Waals surface area contributed by atoms with Gasteiger partial charge in [-0.15, -0.1) is 0 Å². The van der Waals surface area contributed by atoms with E-state index in [0.717, 1.165) is 5.56 Å². The minimum Gasteiger partial charge on any atom is -0.479 e. The van der Waals surface area contributed by atoms with Gasteiger partial charge in [0.1, 0.15) is 0 Å². The van der Waals surface area contributed by atoms with Crippen LogP contribution in [0.15, 0.2) is 30.3 Å². The summed E-state index contributed by atoms with van der Waals surface area (Å²) in [5.74, 6) is -0.994. The summed E-state index contributed by atoms with van der Waals surface area (Å²) in [5, 5.41) is 19.0. The predicted octanol–water partition coefficient (Wildman–Crippen LogP) is 2.25. The first-order valence-corrected chi connectivity index (χ1v) is 6.54. The number of aliphatic hydroxyl groups excluding tert-OH is 1. The van der Waals surface area contributed by atoms with Gasteiger partial charge in [-0.1, -0.05) is 37.3 Å². The lowest BCUT2D eigenvalue weighted by Crippen LogP contribution is -2.47. The number of carboxylic acid groups (broad SMARTS) is 1. The number of rotatable bonds is 7. The molecular formula is C15H22O4. The van der Waals surface area contributed by atoms with E-state index < -0.39 is 23.8 Å². The molecule has 1 aromatic carbocycles. The number of ether oxygens (including phenoxy) is 1. The smallest absolute Gasteiger partial charge is 0.336 e. The van der Waals surface area contributed by atoms with Gasteiger partial charge in [0.05, 0.1) is 12.2 Å². The molecule has 4 nitrogen and oxygen atoms in total. The quantitative estimate of drug-likeness (QED) is 0.794. The third kappa shape index (κ3) is 4.04. The first kappa shape index (κ1) is 15.7. The second-order valence-corrected chi connectivity index (χ2v) is 4.88. The van der Waals surface area contributed by atoms with Gasteiger partial charge in [0.25, 0.3) is 0 Å². The summed E-state index contributed by atoms with van der Waals surface area (Å²) in [6, 6.07) is 9.38. The van der Waals surface area contributed by atoms with Crippen LogP contribution in [0, 0.1) is 0 Å². The standard InChI is InChI=1S/C15H22O4/c1-4-15(14(17)18,19-12(3)11(2)16)10-13-8-6-5-7-9-13/h5-9,11-12,16H,4,10H2,1-3H3,(H,17,18). The molecule has 0 fully saturated rings. The number of hydrogen-bond donors (Lipinski definition) is 2. The highest BCUT2D eigenvalue weighted by Crippen LogP contribution is 2.25. The Labute approximate surface area is 114 Å². The Morgan fingerprint density at radius 2 is 1.89 bits per heavy atom. The zero-order valence-corrected chi connectivity index (χ0v) is 11.7. The van der Waals surface area contributed by atoms with Crippen LogP contribution in [0.25, 0.3) is 0 Å². The van der Waals surface area contributed by atoms with Crippen molar-refractivity contribution in [3.63, 3.8) is 0 Å². The highest BCUT2D eigenvalue weighted by atomic mass is 16.5. The van der Waals surface area contributed by atoms with Gasteiger partial charge in [-0.25, -0.2) is 4.79 Å². The van der Waals surface area contributed by atoms with Crippen LogP contribution in [0.2, 0.25) is 0 Å². The molecule has 106 valence electrons. The summed E-state index contributed by atoms with van der Waals surface area (Å²) < 4.78 is 5.66. The summed E-state index contributed by atoms with van der Waals surface area (Å²) in [6.07, 6.45) is -0.605. The lowest BCUT2D eigenvalue weighted by atomic mass is 9.91. The van der Waals surface area contributed by atoms with Crippen molar-refractivity contribution in [1.29, 1.82) is 0 Å². The van der Waals surface area contributed by atoms with Crippen molar-refractivity contribution in [3.05, 3.63) is 35.9 Å². The average Bonchev–Trinajstić information content (AvgIpc) is 2.38. The predicted molar refractivity (Wildman–Crippen MR) is 73.0 cm³/mol. The molecule has 1 rings (SSSR count). The van der Waals surface area contributed by atoms with E-state index in [0.29, 0.717) is 6.42 Å². The Hall–Kier alpha value is -1.39. The minimum atomic E-state index is -1.29. The number of aliphatic hydroxyl groups is 1. The fraction of sp³-hybridized carbons (Fsp3) is 0.533. The summed E-state index contributed by atoms with van der Waals surface area (Å²) in [7, 11) is 0. The molecule has 0 amide bonds. The van der Waals surface area contributed by atoms with Gasteiger partial charge in [-0.05, 0) is 25.8 Å². The molecule has 2 N–H and O–H groups in total. The van der Waals surface area contributed by atoms with Gasteiger partial charge >= 0.3 is 5.97 Å². The summed E-state index contributed by atoms with van der Waals surface area (Å²) >= 11 is 0. The van der Waals surface area contributed by atoms with E-state index in [1.165, 1.54) is 0 Å². The van der Waals surface area contributed by atoms with Gasteiger partial charge in [-0.3, -0.25) is 0 Å². The second kappa shape index (κ2) is 6.68. The van der Waals surface area contributed by atoms with Crippen molar-refractivity contribution in [1.82, 2.24) is 0 Å². The van der Waals surface area contributed by atoms with Crippen LogP contribution in [-0.4, -0.2) is 34.0 Å². The van der Waals surface area contributed by atoms with Crippen molar-refractivity contribution in [2.75, 3.05) is 0 Å². The Balaban J connectivity index is 2.96. The number of benzene rings is 1. The molecule has 0 radical (unpaired) electrons. The van der Waals surface area contributed by atoms with Crippen LogP contribution in [0.5, 0.6) is 0 Å². The monoisotopic (exact) mass is 266 g/mol. The van der Waals surface area contributed by atoms with Crippen LogP contribution in [-0.2, 0) is 16.0 Å². The lowest BCUT2D eigenvalue weighted by Gasteiger charge is -2.33. The van der Waals surface area contributed by atoms with E-state index in [1.807, 2.05) is 30.3 Å². The van der Waals surface area contributed by atoms with Crippen molar-refractivity contribution in [3.8, 4) is 0 Å². The first-order valence-electron chi connectivity index (χ1n) is 6.54. The zero-order chi connectivity index (χ0) is 14.5. The molecule has 0 aromatic heterocycles. The first-order chi connectivity index (χ1) is 8.91. The van der Waals surface area contributed by atoms with Crippen LogP contribution in [0.3, 0.4) is 0 Å². The van der Waals surface area contributed by atoms with E-state index in [-0.39, 0.29) is 6.42 Å². The molecule has 0 heterocycles. The van der Waals surface area contributed by atoms with Crippen molar-refractivity contribution in [2.45, 2.75) is 51.4 Å². The Morgan fingerprint density at radius 1 is 1.32 bits per heavy atom. The normalized spacial score (nSPS) is 17.5. The third-order valence-electron chi connectivity index (χ3n) is 3.38. The molecule has 0 aliphatic rings. The molecule has 0 aliphatic heterocycles. The zero-order valence-electron chi connectivity index (χ0n) is 11.7. The Kier molecular flexibility index (Phi) is 5.51. The molecule has 3 atom stereocenters. The SMILES string of the molecule is CCC(Cc1ccccc1)(OC(C)C(C)O)C(=O)O. The third-order valence-corrected chi connectivity index (χ3v) is 3.38. The van der Waals surface area contributed by atoms with Crippen LogP contribution >= 0.6 is 0 Å². The largest absolute Gasteiger partial charge is 0.479 e. The molecule has 0 spiro atoms. The van der Waals surface area contributed by atoms with Crippen LogP contribution < -0.4 is 0 Å². The maximum Gasteiger partial charge on any atom is 0.336 e. The highest BCUT2D eigenvalue weighted by molar-refractivity contribution is 5.78. The molecule has 19 heavy (non-hydrogen) atoms. The number of carbonyl (C=O) groups is 1. The van der Waals surface area contributed by atoms with E-state index in [9.17, 15) is 15.0 Å². The van der Waals surface area contributed by atoms with Crippen molar-refractivity contribution in [2.24, 2.45) is 0 Å². The van der Waals surface area contributed by atoms with Gasteiger partial charge in [0, 0.05) is 6.42 Å². The fourth-order valence-corrected chi connectivity index (χ4v) is 1.91. The van der Waals surface area contributed by atoms with E-state index in [4.69, 9.17) is 4.74 Å². The maximum atomic E-state index is 11.6. The van der Waals surface area contributed by atoms with Crippen molar-refractivity contribution >= 4 is 5.97 Å². The minimum absolute atomic E-state index is 0.288. The van der Waals surface area contributed by atoms with Crippen LogP contribution in [0.4, 0.5) is 0 Å². The van der Waals surface area contributed by atoms with Crippen LogP contribution in [0.1, 0.15) is 32.8 Å². The van der Waals surface area contributed by atoms with Gasteiger partial charge in [0.15, 0.2) is 5.60 Å². The van der Waals surface area contributed by atoms with Gasteiger partial charge in [-0.2, -0.15) is 0 Å². The summed E-state index contributed by atoms with van der Waals surface area (Å²) in [6.45, 7) is 5.06. The Morgan fingerprint density at radius 3 is 2.32 bits per heavy atom. The van der Waals surface area contributed by atoms with E-state index in [1.54, 1.807) is 20.8 Å². The number of hydrogen-bond acceptors (Lipinski definition) is 3. The molecular weight excluding hydrogens is 244 g/mol. The highest BCUT2D eigenvalue weighted by Gasteiger charge is 2.40. The molecule has 0 saturated carbocycles. The summed E-state index contributed by atoms with van der Waals surface area (Å²) in [5.41, 5.74) is -0.387. The Bertz CT molecular complexity index is 402. The van der Waals surface area contributed by atoms with Crippen molar-refractivity contribution < 1.29 is 19.7 Å². The molecule has 0 aliphatic carbocycles. The van der Waals surface area contributed by atoms with Gasteiger partial charge < -0.3 is 14.9 Å². The number of aliphatic carboxylic acids is 1. The molecule has 4 heteroatoms.